The van der Waals surface area contributed by atoms with Crippen LogP contribution in [0.3, 0.4) is 0 Å². The van der Waals surface area contributed by atoms with Crippen molar-refractivity contribution in [3.05, 3.63) is 11.1 Å². The normalized spacial score (nSPS) is 41.5. The third-order valence-electron chi connectivity index (χ3n) is 5.67. The van der Waals surface area contributed by atoms with E-state index < -0.39 is 5.60 Å². The van der Waals surface area contributed by atoms with Gasteiger partial charge >= 0.3 is 5.97 Å². The lowest BCUT2D eigenvalue weighted by Gasteiger charge is -2.30. The van der Waals surface area contributed by atoms with Crippen LogP contribution in [0, 0.1) is 17.8 Å². The summed E-state index contributed by atoms with van der Waals surface area (Å²) >= 11 is 0. The minimum absolute atomic E-state index is 0.0576. The van der Waals surface area contributed by atoms with E-state index in [4.69, 9.17) is 4.74 Å². The van der Waals surface area contributed by atoms with E-state index in [0.29, 0.717) is 25.0 Å². The summed E-state index contributed by atoms with van der Waals surface area (Å²) in [6.45, 7) is 4.27. The zero-order chi connectivity index (χ0) is 16.2. The van der Waals surface area contributed by atoms with Crippen molar-refractivity contribution in [2.45, 2.75) is 44.8 Å². The molecule has 3 rings (SSSR count). The van der Waals surface area contributed by atoms with Crippen LogP contribution in [0.15, 0.2) is 11.1 Å². The third kappa shape index (κ3) is 2.31. The minimum Gasteiger partial charge on any atom is -0.457 e. The summed E-state index contributed by atoms with van der Waals surface area (Å²) in [6.07, 6.45) is 1.36. The van der Waals surface area contributed by atoms with Crippen molar-refractivity contribution >= 4 is 11.8 Å². The summed E-state index contributed by atoms with van der Waals surface area (Å²) in [5, 5.41) is 10.8. The number of carbonyl (C=O) groups excluding carboxylic acids is 2. The van der Waals surface area contributed by atoms with Gasteiger partial charge in [0.2, 0.25) is 0 Å². The van der Waals surface area contributed by atoms with Crippen LogP contribution in [-0.4, -0.2) is 54.1 Å². The quantitative estimate of drug-likeness (QED) is 0.775. The summed E-state index contributed by atoms with van der Waals surface area (Å²) in [5.74, 6) is -0.412. The predicted molar refractivity (Wildman–Crippen MR) is 81.1 cm³/mol. The first-order chi connectivity index (χ1) is 10.2. The number of hydrogen-bond acceptors (Lipinski definition) is 5. The molecule has 22 heavy (non-hydrogen) atoms. The first kappa shape index (κ1) is 15.7. The van der Waals surface area contributed by atoms with Crippen LogP contribution in [0.5, 0.6) is 0 Å². The second-order valence-electron chi connectivity index (χ2n) is 7.55. The number of esters is 1. The first-order valence-electron chi connectivity index (χ1n) is 8.04. The van der Waals surface area contributed by atoms with E-state index in [1.54, 1.807) is 0 Å². The van der Waals surface area contributed by atoms with Crippen molar-refractivity contribution in [3.8, 4) is 0 Å². The van der Waals surface area contributed by atoms with Gasteiger partial charge in [0.05, 0.1) is 11.5 Å². The molecule has 5 heteroatoms. The van der Waals surface area contributed by atoms with Gasteiger partial charge in [0.25, 0.3) is 0 Å². The topological polar surface area (TPSA) is 66.8 Å². The monoisotopic (exact) mass is 307 g/mol. The highest BCUT2D eigenvalue weighted by Gasteiger charge is 2.55. The Balaban J connectivity index is 2.01. The lowest BCUT2D eigenvalue weighted by Crippen LogP contribution is -2.35. The molecule has 0 amide bonds. The van der Waals surface area contributed by atoms with Gasteiger partial charge in [-0.05, 0) is 51.9 Å². The van der Waals surface area contributed by atoms with Crippen molar-refractivity contribution in [3.63, 3.8) is 0 Å². The molecule has 1 aliphatic heterocycles. The molecular formula is C17H25NO4. The molecule has 1 saturated carbocycles. The molecule has 3 aliphatic rings. The predicted octanol–water partition coefficient (Wildman–Crippen LogP) is 1.16. The molecular weight excluding hydrogens is 282 g/mol. The highest BCUT2D eigenvalue weighted by Crippen LogP contribution is 2.51. The van der Waals surface area contributed by atoms with Crippen molar-refractivity contribution in [2.75, 3.05) is 20.6 Å². The number of carbonyl (C=O) groups is 2. The molecule has 2 aliphatic carbocycles. The Morgan fingerprint density at radius 1 is 1.36 bits per heavy atom. The number of rotatable bonds is 2. The van der Waals surface area contributed by atoms with E-state index in [-0.39, 0.29) is 35.6 Å². The summed E-state index contributed by atoms with van der Waals surface area (Å²) < 4.78 is 5.70. The highest BCUT2D eigenvalue weighted by molar-refractivity contribution is 5.99. The SMILES string of the molecule is CC1=C2[C@@H](CC1=O)[C@](C)(O)CC[C@@H]1[C@@H](CN(C)C)C(=O)O[C@@H]21. The maximum Gasteiger partial charge on any atom is 0.311 e. The molecule has 0 spiro atoms. The average Bonchev–Trinajstić information content (AvgIpc) is 2.83. The summed E-state index contributed by atoms with van der Waals surface area (Å²) in [5.41, 5.74) is 0.676. The van der Waals surface area contributed by atoms with Gasteiger partial charge in [0, 0.05) is 24.8 Å². The van der Waals surface area contributed by atoms with Crippen molar-refractivity contribution in [1.29, 1.82) is 0 Å². The maximum atomic E-state index is 12.3. The van der Waals surface area contributed by atoms with Crippen LogP contribution >= 0.6 is 0 Å². The Morgan fingerprint density at radius 3 is 2.68 bits per heavy atom. The second-order valence-corrected chi connectivity index (χ2v) is 7.55. The first-order valence-corrected chi connectivity index (χ1v) is 8.04. The average molecular weight is 307 g/mol. The zero-order valence-corrected chi connectivity index (χ0v) is 13.8. The van der Waals surface area contributed by atoms with Gasteiger partial charge in [-0.1, -0.05) is 0 Å². The van der Waals surface area contributed by atoms with Gasteiger partial charge in [-0.25, -0.2) is 0 Å². The Bertz CT molecular complexity index is 549. The van der Waals surface area contributed by atoms with Gasteiger partial charge in [-0.15, -0.1) is 0 Å². The molecule has 5 atom stereocenters. The molecule has 1 saturated heterocycles. The van der Waals surface area contributed by atoms with Crippen LogP contribution < -0.4 is 0 Å². The number of nitrogens with zero attached hydrogens (tertiary/aromatic N) is 1. The molecule has 122 valence electrons. The van der Waals surface area contributed by atoms with Crippen molar-refractivity contribution in [2.24, 2.45) is 17.8 Å². The van der Waals surface area contributed by atoms with Crippen molar-refractivity contribution < 1.29 is 19.4 Å². The standard InChI is InChI=1S/C17H25NO4/c1-9-13(19)7-12-14(9)15-10(5-6-17(12,2)21)11(8-18(3)4)16(20)22-15/h10-12,15,21H,5-8H2,1-4H3/t10-,11-,12-,15-,17-/m1/s1. The number of fused-ring (bicyclic) bond motifs is 3. The van der Waals surface area contributed by atoms with Crippen molar-refractivity contribution in [1.82, 2.24) is 4.90 Å². The lowest BCUT2D eigenvalue weighted by molar-refractivity contribution is -0.144. The van der Waals surface area contributed by atoms with E-state index in [0.717, 1.165) is 12.0 Å². The summed E-state index contributed by atoms with van der Waals surface area (Å²) in [7, 11) is 3.89. The third-order valence-corrected chi connectivity index (χ3v) is 5.67. The van der Waals surface area contributed by atoms with Crippen LogP contribution in [0.2, 0.25) is 0 Å². The maximum absolute atomic E-state index is 12.3. The van der Waals surface area contributed by atoms with E-state index in [2.05, 4.69) is 0 Å². The largest absolute Gasteiger partial charge is 0.457 e. The van der Waals surface area contributed by atoms with E-state index in [1.807, 2.05) is 32.8 Å². The number of ether oxygens (including phenoxy) is 1. The fourth-order valence-corrected chi connectivity index (χ4v) is 4.41. The van der Waals surface area contributed by atoms with E-state index in [9.17, 15) is 14.7 Å². The summed E-state index contributed by atoms with van der Waals surface area (Å²) in [4.78, 5) is 26.5. The highest BCUT2D eigenvalue weighted by atomic mass is 16.6. The Kier molecular flexibility index (Phi) is 3.68. The Hall–Kier alpha value is -1.20. The Labute approximate surface area is 131 Å². The minimum atomic E-state index is -0.901. The van der Waals surface area contributed by atoms with Gasteiger partial charge in [-0.3, -0.25) is 9.59 Å². The summed E-state index contributed by atoms with van der Waals surface area (Å²) in [6, 6.07) is 0. The molecule has 0 aromatic heterocycles. The molecule has 2 fully saturated rings. The molecule has 0 aromatic rings. The van der Waals surface area contributed by atoms with Crippen LogP contribution in [0.1, 0.15) is 33.1 Å². The molecule has 1 N–H and O–H groups in total. The van der Waals surface area contributed by atoms with Gasteiger partial charge in [0.1, 0.15) is 6.10 Å². The van der Waals surface area contributed by atoms with Gasteiger partial charge in [-0.2, -0.15) is 0 Å². The molecule has 5 nitrogen and oxygen atoms in total. The van der Waals surface area contributed by atoms with Crippen LogP contribution in [-0.2, 0) is 14.3 Å². The molecule has 0 unspecified atom stereocenters. The van der Waals surface area contributed by atoms with Crippen LogP contribution in [0.25, 0.3) is 0 Å². The van der Waals surface area contributed by atoms with Crippen LogP contribution in [0.4, 0.5) is 0 Å². The molecule has 0 bridgehead atoms. The molecule has 0 aromatic carbocycles. The second kappa shape index (κ2) is 5.17. The molecule has 0 radical (unpaired) electrons. The van der Waals surface area contributed by atoms with E-state index >= 15 is 0 Å². The Morgan fingerprint density at radius 2 is 2.05 bits per heavy atom. The number of aliphatic hydroxyl groups is 1. The fraction of sp³-hybridized carbons (Fsp3) is 0.765. The van der Waals surface area contributed by atoms with Gasteiger partial charge < -0.3 is 14.7 Å². The molecule has 1 heterocycles. The van der Waals surface area contributed by atoms with Gasteiger partial charge in [0.15, 0.2) is 5.78 Å². The zero-order valence-electron chi connectivity index (χ0n) is 13.8. The smallest absolute Gasteiger partial charge is 0.311 e. The lowest BCUT2D eigenvalue weighted by atomic mass is 9.81. The van der Waals surface area contributed by atoms with E-state index in [1.165, 1.54) is 0 Å². The fourth-order valence-electron chi connectivity index (χ4n) is 4.41. The number of hydrogen-bond donors (Lipinski definition) is 1. The number of Topliss-reactive ketones (excluding diaryl/α,β-unsaturated/α-hetero) is 1. The number of ketones is 1. The number of allylic oxidation sites excluding steroid dienone is 1.